The maximum atomic E-state index is 13.7. The number of amides is 2. The first-order chi connectivity index (χ1) is 14.6. The van der Waals surface area contributed by atoms with Crippen molar-refractivity contribution in [3.05, 3.63) is 54.3 Å². The van der Waals surface area contributed by atoms with Gasteiger partial charge in [0.15, 0.2) is 11.6 Å². The van der Waals surface area contributed by atoms with Crippen LogP contribution in [0.3, 0.4) is 0 Å². The molecule has 4 rings (SSSR count). The van der Waals surface area contributed by atoms with Gasteiger partial charge in [0.2, 0.25) is 11.8 Å². The summed E-state index contributed by atoms with van der Waals surface area (Å²) in [5, 5.41) is 2.92. The normalized spacial score (nSPS) is 19.5. The number of nitrogens with zero attached hydrogens (tertiary/aromatic N) is 1. The molecule has 30 heavy (non-hydrogen) atoms. The molecule has 0 unspecified atom stereocenters. The molecule has 6 nitrogen and oxygen atoms in total. The second-order valence-electron chi connectivity index (χ2n) is 7.71. The van der Waals surface area contributed by atoms with Crippen LogP contribution >= 0.6 is 0 Å². The smallest absolute Gasteiger partial charge is 0.228 e. The van der Waals surface area contributed by atoms with Gasteiger partial charge in [-0.25, -0.2) is 4.39 Å². The highest BCUT2D eigenvalue weighted by Crippen LogP contribution is 2.26. The van der Waals surface area contributed by atoms with Crippen molar-refractivity contribution in [1.82, 2.24) is 4.90 Å². The number of piperidine rings is 1. The SMILES string of the molecule is O=C(Nc1ccc(Oc2ccccc2F)cc1)C1CCN(C(=O)[C@@H]2CCOC2)CC1. The first-order valence-corrected chi connectivity index (χ1v) is 10.3. The van der Waals surface area contributed by atoms with E-state index in [0.29, 0.717) is 50.6 Å². The quantitative estimate of drug-likeness (QED) is 0.811. The van der Waals surface area contributed by atoms with Crippen molar-refractivity contribution in [2.24, 2.45) is 11.8 Å². The zero-order chi connectivity index (χ0) is 20.9. The molecule has 1 atom stereocenters. The predicted octanol–water partition coefficient (Wildman–Crippen LogP) is 3.83. The van der Waals surface area contributed by atoms with Gasteiger partial charge in [0.1, 0.15) is 5.75 Å². The first kappa shape index (κ1) is 20.3. The number of para-hydroxylation sites is 1. The summed E-state index contributed by atoms with van der Waals surface area (Å²) in [5.74, 6) is 0.162. The summed E-state index contributed by atoms with van der Waals surface area (Å²) >= 11 is 0. The number of anilines is 1. The van der Waals surface area contributed by atoms with Crippen LogP contribution in [0.4, 0.5) is 10.1 Å². The fourth-order valence-corrected chi connectivity index (χ4v) is 3.85. The number of likely N-dealkylation sites (tertiary alicyclic amines) is 1. The van der Waals surface area contributed by atoms with E-state index < -0.39 is 5.82 Å². The second-order valence-corrected chi connectivity index (χ2v) is 7.71. The summed E-state index contributed by atoms with van der Waals surface area (Å²) < 4.78 is 24.5. The number of carbonyl (C=O) groups is 2. The standard InChI is InChI=1S/C23H25FN2O4/c24-20-3-1-2-4-21(20)30-19-7-5-18(6-8-19)25-22(27)16-9-12-26(13-10-16)23(28)17-11-14-29-15-17/h1-8,16-17H,9-15H2,(H,25,27)/t17-/m1/s1. The van der Waals surface area contributed by atoms with E-state index in [1.165, 1.54) is 6.07 Å². The van der Waals surface area contributed by atoms with E-state index >= 15 is 0 Å². The molecule has 2 heterocycles. The Hall–Kier alpha value is -2.93. The lowest BCUT2D eigenvalue weighted by Gasteiger charge is -2.32. The highest BCUT2D eigenvalue weighted by atomic mass is 19.1. The zero-order valence-corrected chi connectivity index (χ0v) is 16.7. The summed E-state index contributed by atoms with van der Waals surface area (Å²) in [6.07, 6.45) is 2.09. The van der Waals surface area contributed by atoms with E-state index in [4.69, 9.17) is 9.47 Å². The van der Waals surface area contributed by atoms with Gasteiger partial charge in [-0.05, 0) is 55.7 Å². The second kappa shape index (κ2) is 9.26. The molecule has 2 aliphatic heterocycles. The number of carbonyl (C=O) groups excluding carboxylic acids is 2. The molecule has 0 spiro atoms. The Balaban J connectivity index is 1.27. The Morgan fingerprint density at radius 2 is 1.73 bits per heavy atom. The summed E-state index contributed by atoms with van der Waals surface area (Å²) in [4.78, 5) is 26.9. The Bertz CT molecular complexity index is 888. The molecular weight excluding hydrogens is 387 g/mol. The van der Waals surface area contributed by atoms with Gasteiger partial charge in [0, 0.05) is 31.3 Å². The monoisotopic (exact) mass is 412 g/mol. The van der Waals surface area contributed by atoms with Crippen LogP contribution in [-0.4, -0.2) is 43.0 Å². The lowest BCUT2D eigenvalue weighted by atomic mass is 9.94. The van der Waals surface area contributed by atoms with Gasteiger partial charge in [0.25, 0.3) is 0 Å². The van der Waals surface area contributed by atoms with Crippen LogP contribution in [0, 0.1) is 17.7 Å². The van der Waals surface area contributed by atoms with Crippen molar-refractivity contribution in [1.29, 1.82) is 0 Å². The van der Waals surface area contributed by atoms with Gasteiger partial charge in [-0.15, -0.1) is 0 Å². The Labute approximate surface area is 175 Å². The minimum absolute atomic E-state index is 0.0273. The molecule has 0 aromatic heterocycles. The first-order valence-electron chi connectivity index (χ1n) is 10.3. The number of rotatable bonds is 5. The Morgan fingerprint density at radius 1 is 1.00 bits per heavy atom. The largest absolute Gasteiger partial charge is 0.454 e. The van der Waals surface area contributed by atoms with Crippen molar-refractivity contribution >= 4 is 17.5 Å². The van der Waals surface area contributed by atoms with Crippen molar-refractivity contribution < 1.29 is 23.5 Å². The molecule has 1 N–H and O–H groups in total. The van der Waals surface area contributed by atoms with E-state index in [-0.39, 0.29) is 29.4 Å². The van der Waals surface area contributed by atoms with E-state index in [1.54, 1.807) is 42.5 Å². The third-order valence-corrected chi connectivity index (χ3v) is 5.64. The third-order valence-electron chi connectivity index (χ3n) is 5.64. The van der Waals surface area contributed by atoms with Crippen LogP contribution in [0.1, 0.15) is 19.3 Å². The lowest BCUT2D eigenvalue weighted by molar-refractivity contribution is -0.138. The molecule has 2 aromatic carbocycles. The van der Waals surface area contributed by atoms with E-state index in [1.807, 2.05) is 4.90 Å². The average Bonchev–Trinajstić information content (AvgIpc) is 3.31. The molecule has 2 aromatic rings. The summed E-state index contributed by atoms with van der Waals surface area (Å²) in [6.45, 7) is 2.36. The van der Waals surface area contributed by atoms with Gasteiger partial charge in [-0.3, -0.25) is 9.59 Å². The topological polar surface area (TPSA) is 67.9 Å². The molecule has 0 radical (unpaired) electrons. The van der Waals surface area contributed by atoms with Crippen molar-refractivity contribution in [2.45, 2.75) is 19.3 Å². The van der Waals surface area contributed by atoms with Gasteiger partial charge >= 0.3 is 0 Å². The maximum absolute atomic E-state index is 13.7. The highest BCUT2D eigenvalue weighted by molar-refractivity contribution is 5.92. The number of hydrogen-bond acceptors (Lipinski definition) is 4. The van der Waals surface area contributed by atoms with Crippen molar-refractivity contribution in [2.75, 3.05) is 31.6 Å². The maximum Gasteiger partial charge on any atom is 0.228 e. The minimum atomic E-state index is -0.430. The van der Waals surface area contributed by atoms with Gasteiger partial charge < -0.3 is 19.7 Å². The van der Waals surface area contributed by atoms with Crippen molar-refractivity contribution in [3.63, 3.8) is 0 Å². The summed E-state index contributed by atoms with van der Waals surface area (Å²) in [7, 11) is 0. The third kappa shape index (κ3) is 4.79. The zero-order valence-electron chi connectivity index (χ0n) is 16.7. The fraction of sp³-hybridized carbons (Fsp3) is 0.391. The fourth-order valence-electron chi connectivity index (χ4n) is 3.85. The minimum Gasteiger partial charge on any atom is -0.454 e. The Morgan fingerprint density at radius 3 is 2.40 bits per heavy atom. The number of halogens is 1. The van der Waals surface area contributed by atoms with Crippen LogP contribution < -0.4 is 10.1 Å². The van der Waals surface area contributed by atoms with Crippen LogP contribution in [0.15, 0.2) is 48.5 Å². The highest BCUT2D eigenvalue weighted by Gasteiger charge is 2.32. The number of ether oxygens (including phenoxy) is 2. The van der Waals surface area contributed by atoms with E-state index in [2.05, 4.69) is 5.32 Å². The predicted molar refractivity (Wildman–Crippen MR) is 110 cm³/mol. The number of benzene rings is 2. The summed E-state index contributed by atoms with van der Waals surface area (Å²) in [5.41, 5.74) is 0.655. The number of hydrogen-bond donors (Lipinski definition) is 1. The van der Waals surface area contributed by atoms with Gasteiger partial charge in [-0.1, -0.05) is 12.1 Å². The Kier molecular flexibility index (Phi) is 6.28. The van der Waals surface area contributed by atoms with Crippen LogP contribution in [0.25, 0.3) is 0 Å². The molecular formula is C23H25FN2O4. The molecule has 158 valence electrons. The van der Waals surface area contributed by atoms with Crippen LogP contribution in [-0.2, 0) is 14.3 Å². The van der Waals surface area contributed by atoms with Gasteiger partial charge in [-0.2, -0.15) is 0 Å². The molecule has 0 aliphatic carbocycles. The van der Waals surface area contributed by atoms with Crippen LogP contribution in [0.2, 0.25) is 0 Å². The molecule has 2 saturated heterocycles. The lowest BCUT2D eigenvalue weighted by Crippen LogP contribution is -2.44. The number of nitrogens with one attached hydrogen (secondary N) is 1. The molecule has 2 fully saturated rings. The van der Waals surface area contributed by atoms with E-state index in [9.17, 15) is 14.0 Å². The van der Waals surface area contributed by atoms with E-state index in [0.717, 1.165) is 6.42 Å². The molecule has 2 aliphatic rings. The van der Waals surface area contributed by atoms with Crippen LogP contribution in [0.5, 0.6) is 11.5 Å². The average molecular weight is 412 g/mol. The van der Waals surface area contributed by atoms with Crippen molar-refractivity contribution in [3.8, 4) is 11.5 Å². The van der Waals surface area contributed by atoms with Gasteiger partial charge in [0.05, 0.1) is 12.5 Å². The summed E-state index contributed by atoms with van der Waals surface area (Å²) in [6, 6.07) is 13.0. The molecule has 0 bridgehead atoms. The molecule has 0 saturated carbocycles. The molecule has 2 amide bonds. The molecule has 7 heteroatoms.